The predicted molar refractivity (Wildman–Crippen MR) is 113 cm³/mol. The number of nitro benzene ring substituents is 1. The maximum Gasteiger partial charge on any atom is 0.345 e. The van der Waals surface area contributed by atoms with E-state index < -0.39 is 4.92 Å². The van der Waals surface area contributed by atoms with Crippen molar-refractivity contribution in [2.75, 3.05) is 37.7 Å². The van der Waals surface area contributed by atoms with Gasteiger partial charge in [0, 0.05) is 51.3 Å². The molecule has 11 heteroatoms. The van der Waals surface area contributed by atoms with Crippen molar-refractivity contribution in [3.63, 3.8) is 0 Å². The van der Waals surface area contributed by atoms with Crippen molar-refractivity contribution >= 4 is 17.3 Å². The van der Waals surface area contributed by atoms with Gasteiger partial charge in [0.15, 0.2) is 0 Å². The van der Waals surface area contributed by atoms with Gasteiger partial charge in [-0.15, -0.1) is 0 Å². The molecule has 0 saturated carbocycles. The molecule has 1 saturated heterocycles. The number of nitrogens with one attached hydrogen (secondary N) is 1. The third kappa shape index (κ3) is 4.61. The summed E-state index contributed by atoms with van der Waals surface area (Å²) < 4.78 is 8.54. The van der Waals surface area contributed by atoms with Crippen LogP contribution < -0.4 is 15.9 Å². The number of nitrogens with zero attached hydrogens (tertiary/aromatic N) is 5. The van der Waals surface area contributed by atoms with Crippen molar-refractivity contribution in [1.29, 1.82) is 0 Å². The highest BCUT2D eigenvalue weighted by Crippen LogP contribution is 2.26. The first-order chi connectivity index (χ1) is 15.0. The fourth-order valence-electron chi connectivity index (χ4n) is 4.02. The number of benzene rings is 1. The molecule has 1 aromatic heterocycles. The number of anilines is 1. The van der Waals surface area contributed by atoms with E-state index in [0.717, 1.165) is 25.1 Å². The van der Waals surface area contributed by atoms with Gasteiger partial charge in [-0.25, -0.2) is 9.48 Å². The van der Waals surface area contributed by atoms with Gasteiger partial charge in [0.05, 0.1) is 29.4 Å². The summed E-state index contributed by atoms with van der Waals surface area (Å²) in [5.41, 5.74) is 0.696. The van der Waals surface area contributed by atoms with Gasteiger partial charge < -0.3 is 15.0 Å². The molecule has 2 aliphatic rings. The zero-order valence-electron chi connectivity index (χ0n) is 17.3. The lowest BCUT2D eigenvalue weighted by molar-refractivity contribution is -0.384. The molecule has 4 rings (SSSR count). The van der Waals surface area contributed by atoms with Gasteiger partial charge in [-0.05, 0) is 25.3 Å². The SMILES string of the molecule is O=C(NCCCn1nc2n(c1=O)CCCC2)c1cc([N+](=O)[O-])ccc1N1CCOCC1. The van der Waals surface area contributed by atoms with E-state index in [4.69, 9.17) is 4.74 Å². The number of aromatic nitrogens is 3. The maximum atomic E-state index is 12.8. The summed E-state index contributed by atoms with van der Waals surface area (Å²) in [6.07, 6.45) is 3.38. The van der Waals surface area contributed by atoms with E-state index in [0.29, 0.717) is 58.0 Å². The Hall–Kier alpha value is -3.21. The summed E-state index contributed by atoms with van der Waals surface area (Å²) >= 11 is 0. The number of carbonyl (C=O) groups is 1. The van der Waals surface area contributed by atoms with Crippen molar-refractivity contribution in [2.45, 2.75) is 38.8 Å². The summed E-state index contributed by atoms with van der Waals surface area (Å²) in [4.78, 5) is 37.9. The number of rotatable bonds is 7. The monoisotopic (exact) mass is 430 g/mol. The number of hydrogen-bond donors (Lipinski definition) is 1. The first-order valence-electron chi connectivity index (χ1n) is 10.6. The lowest BCUT2D eigenvalue weighted by atomic mass is 10.1. The lowest BCUT2D eigenvalue weighted by Gasteiger charge is -2.30. The van der Waals surface area contributed by atoms with Crippen LogP contribution in [0, 0.1) is 10.1 Å². The predicted octanol–water partition coefficient (Wildman–Crippen LogP) is 0.946. The second-order valence-electron chi connectivity index (χ2n) is 7.70. The molecule has 1 amide bonds. The Balaban J connectivity index is 1.41. The molecule has 0 bridgehead atoms. The molecule has 1 aromatic carbocycles. The van der Waals surface area contributed by atoms with Crippen LogP contribution >= 0.6 is 0 Å². The number of ether oxygens (including phenoxy) is 1. The van der Waals surface area contributed by atoms with E-state index in [2.05, 4.69) is 10.4 Å². The first kappa shape index (κ1) is 21.0. The minimum absolute atomic E-state index is 0.102. The molecule has 3 heterocycles. The van der Waals surface area contributed by atoms with Crippen molar-refractivity contribution in [2.24, 2.45) is 0 Å². The molecule has 0 radical (unpaired) electrons. The molecule has 11 nitrogen and oxygen atoms in total. The van der Waals surface area contributed by atoms with Crippen LogP contribution in [0.2, 0.25) is 0 Å². The highest BCUT2D eigenvalue weighted by atomic mass is 16.6. The van der Waals surface area contributed by atoms with E-state index in [9.17, 15) is 19.7 Å². The van der Waals surface area contributed by atoms with Gasteiger partial charge in [-0.1, -0.05) is 0 Å². The normalized spacial score (nSPS) is 16.1. The van der Waals surface area contributed by atoms with Crippen molar-refractivity contribution in [3.05, 3.63) is 50.2 Å². The van der Waals surface area contributed by atoms with Crippen LogP contribution in [0.25, 0.3) is 0 Å². The second kappa shape index (κ2) is 9.29. The molecule has 166 valence electrons. The minimum Gasteiger partial charge on any atom is -0.378 e. The highest BCUT2D eigenvalue weighted by molar-refractivity contribution is 6.00. The molecule has 2 aliphatic heterocycles. The first-order valence-corrected chi connectivity index (χ1v) is 10.6. The van der Waals surface area contributed by atoms with Gasteiger partial charge >= 0.3 is 5.69 Å². The van der Waals surface area contributed by atoms with Crippen LogP contribution in [0.4, 0.5) is 11.4 Å². The van der Waals surface area contributed by atoms with Crippen LogP contribution in [0.3, 0.4) is 0 Å². The third-order valence-electron chi connectivity index (χ3n) is 5.65. The van der Waals surface area contributed by atoms with E-state index in [1.54, 1.807) is 10.6 Å². The summed E-state index contributed by atoms with van der Waals surface area (Å²) in [5.74, 6) is 0.453. The Morgan fingerprint density at radius 1 is 1.23 bits per heavy atom. The summed E-state index contributed by atoms with van der Waals surface area (Å²) in [6, 6.07) is 4.34. The summed E-state index contributed by atoms with van der Waals surface area (Å²) in [7, 11) is 0. The molecule has 1 fully saturated rings. The molecule has 1 N–H and O–H groups in total. The van der Waals surface area contributed by atoms with Gasteiger partial charge in [0.2, 0.25) is 0 Å². The van der Waals surface area contributed by atoms with E-state index in [1.807, 2.05) is 4.90 Å². The average molecular weight is 430 g/mol. The van der Waals surface area contributed by atoms with Crippen LogP contribution in [-0.4, -0.2) is 58.0 Å². The topological polar surface area (TPSA) is 125 Å². The fourth-order valence-corrected chi connectivity index (χ4v) is 4.02. The molecule has 0 atom stereocenters. The van der Waals surface area contributed by atoms with Gasteiger partial charge in [0.1, 0.15) is 5.82 Å². The van der Waals surface area contributed by atoms with Gasteiger partial charge in [0.25, 0.3) is 11.6 Å². The number of aryl methyl sites for hydroxylation is 2. The van der Waals surface area contributed by atoms with Crippen LogP contribution in [0.5, 0.6) is 0 Å². The summed E-state index contributed by atoms with van der Waals surface area (Å²) in [6.45, 7) is 3.77. The standard InChI is InChI=1S/C20H26N6O5/c27-19(21-7-3-9-25-20(28)24-8-2-1-4-18(24)22-25)16-14-15(26(29)30)5-6-17(16)23-10-12-31-13-11-23/h5-6,14H,1-4,7-13H2,(H,21,27). The minimum atomic E-state index is -0.507. The lowest BCUT2D eigenvalue weighted by Crippen LogP contribution is -2.38. The Kier molecular flexibility index (Phi) is 6.31. The molecule has 0 spiro atoms. The van der Waals surface area contributed by atoms with Crippen molar-refractivity contribution in [1.82, 2.24) is 19.7 Å². The molecule has 0 unspecified atom stereocenters. The zero-order valence-corrected chi connectivity index (χ0v) is 17.3. The van der Waals surface area contributed by atoms with Crippen LogP contribution in [-0.2, 0) is 24.2 Å². The van der Waals surface area contributed by atoms with E-state index >= 15 is 0 Å². The van der Waals surface area contributed by atoms with Crippen molar-refractivity contribution in [3.8, 4) is 0 Å². The molecule has 2 aromatic rings. The van der Waals surface area contributed by atoms with Gasteiger partial charge in [-0.3, -0.25) is 19.5 Å². The Morgan fingerprint density at radius 3 is 2.77 bits per heavy atom. The van der Waals surface area contributed by atoms with E-state index in [1.165, 1.54) is 16.8 Å². The van der Waals surface area contributed by atoms with Crippen LogP contribution in [0.1, 0.15) is 35.4 Å². The molecule has 0 aliphatic carbocycles. The number of carbonyl (C=O) groups excluding carboxylic acids is 1. The van der Waals surface area contributed by atoms with E-state index in [-0.39, 0.29) is 22.8 Å². The summed E-state index contributed by atoms with van der Waals surface area (Å²) in [5, 5.41) is 18.4. The smallest absolute Gasteiger partial charge is 0.345 e. The zero-order chi connectivity index (χ0) is 21.8. The fraction of sp³-hybridized carbons (Fsp3) is 0.550. The number of fused-ring (bicyclic) bond motifs is 1. The quantitative estimate of drug-likeness (QED) is 0.394. The number of amides is 1. The Morgan fingerprint density at radius 2 is 2.03 bits per heavy atom. The Bertz CT molecular complexity index is 1020. The number of morpholine rings is 1. The van der Waals surface area contributed by atoms with Crippen LogP contribution in [0.15, 0.2) is 23.0 Å². The van der Waals surface area contributed by atoms with Crippen molar-refractivity contribution < 1.29 is 14.5 Å². The highest BCUT2D eigenvalue weighted by Gasteiger charge is 2.22. The molecular formula is C20H26N6O5. The average Bonchev–Trinajstić information content (AvgIpc) is 3.12. The Labute approximate surface area is 178 Å². The number of non-ortho nitro benzene ring substituents is 1. The third-order valence-corrected chi connectivity index (χ3v) is 5.65. The molecule has 31 heavy (non-hydrogen) atoms. The largest absolute Gasteiger partial charge is 0.378 e. The number of hydrogen-bond acceptors (Lipinski definition) is 7. The molecular weight excluding hydrogens is 404 g/mol. The maximum absolute atomic E-state index is 12.8. The second-order valence-corrected chi connectivity index (χ2v) is 7.70. The number of nitro groups is 1. The van der Waals surface area contributed by atoms with Gasteiger partial charge in [-0.2, -0.15) is 5.10 Å².